The number of ether oxygens (including phenoxy) is 2. The number of hydrogen-bond donors (Lipinski definition) is 1. The minimum Gasteiger partial charge on any atom is -0.449 e. The fraction of sp³-hybridized carbons (Fsp3) is 0.696. The number of hydrogen-bond acceptors (Lipinski definition) is 4. The lowest BCUT2D eigenvalue weighted by molar-refractivity contribution is 0.136. The van der Waals surface area contributed by atoms with Crippen LogP contribution in [0.2, 0.25) is 0 Å². The van der Waals surface area contributed by atoms with Crippen LogP contribution >= 0.6 is 0 Å². The fourth-order valence-corrected chi connectivity index (χ4v) is 3.96. The zero-order valence-corrected chi connectivity index (χ0v) is 18.5. The highest BCUT2D eigenvalue weighted by molar-refractivity contribution is 5.86. The van der Waals surface area contributed by atoms with Crippen LogP contribution < -0.4 is 10.2 Å². The molecule has 0 bridgehead atoms. The summed E-state index contributed by atoms with van der Waals surface area (Å²) in [7, 11) is 1.73. The molecule has 1 aliphatic rings. The van der Waals surface area contributed by atoms with Crippen molar-refractivity contribution in [3.05, 3.63) is 23.8 Å². The third-order valence-corrected chi connectivity index (χ3v) is 6.29. The first-order valence-electron chi connectivity index (χ1n) is 10.7. The topological polar surface area (TPSA) is 50.8 Å². The van der Waals surface area contributed by atoms with Crippen molar-refractivity contribution >= 4 is 17.5 Å². The predicted molar refractivity (Wildman–Crippen MR) is 116 cm³/mol. The second-order valence-corrected chi connectivity index (χ2v) is 8.46. The van der Waals surface area contributed by atoms with Gasteiger partial charge in [0.1, 0.15) is 0 Å². The molecule has 1 aromatic rings. The van der Waals surface area contributed by atoms with Gasteiger partial charge in [-0.3, -0.25) is 5.32 Å². The van der Waals surface area contributed by atoms with E-state index in [-0.39, 0.29) is 11.5 Å². The Kier molecular flexibility index (Phi) is 8.17. The van der Waals surface area contributed by atoms with Gasteiger partial charge in [-0.2, -0.15) is 0 Å². The molecule has 0 aliphatic carbocycles. The number of amides is 1. The first kappa shape index (κ1) is 22.5. The molecule has 0 saturated carbocycles. The molecule has 158 valence electrons. The maximum Gasteiger partial charge on any atom is 0.411 e. The van der Waals surface area contributed by atoms with Crippen molar-refractivity contribution in [2.75, 3.05) is 37.1 Å². The summed E-state index contributed by atoms with van der Waals surface area (Å²) in [4.78, 5) is 14.7. The summed E-state index contributed by atoms with van der Waals surface area (Å²) < 4.78 is 10.8. The van der Waals surface area contributed by atoms with Crippen LogP contribution in [0.5, 0.6) is 0 Å². The normalized spacial score (nSPS) is 18.6. The highest BCUT2D eigenvalue weighted by Gasteiger charge is 2.41. The first-order valence-corrected chi connectivity index (χ1v) is 10.7. The van der Waals surface area contributed by atoms with Crippen LogP contribution in [0.4, 0.5) is 16.2 Å². The van der Waals surface area contributed by atoms with Crippen molar-refractivity contribution in [1.82, 2.24) is 0 Å². The molecule has 2 rings (SSSR count). The summed E-state index contributed by atoms with van der Waals surface area (Å²) in [6.07, 6.45) is 4.13. The number of benzene rings is 1. The van der Waals surface area contributed by atoms with Gasteiger partial charge in [0.15, 0.2) is 0 Å². The Bertz CT molecular complexity index is 645. The number of nitrogens with zero attached hydrogens (tertiary/aromatic N) is 1. The molecule has 1 amide bonds. The molecule has 0 fully saturated rings. The Morgan fingerprint density at radius 1 is 1.32 bits per heavy atom. The molecule has 0 spiro atoms. The fourth-order valence-electron chi connectivity index (χ4n) is 3.96. The zero-order valence-electron chi connectivity index (χ0n) is 18.5. The van der Waals surface area contributed by atoms with Crippen LogP contribution in [-0.2, 0) is 14.9 Å². The third-order valence-electron chi connectivity index (χ3n) is 6.29. The number of rotatable bonds is 10. The Balaban J connectivity index is 2.04. The Morgan fingerprint density at radius 2 is 2.07 bits per heavy atom. The molecule has 1 N–H and O–H groups in total. The highest BCUT2D eigenvalue weighted by Crippen LogP contribution is 2.45. The molecule has 0 saturated heterocycles. The minimum absolute atomic E-state index is 0.0513. The van der Waals surface area contributed by atoms with Gasteiger partial charge in [0.25, 0.3) is 0 Å². The van der Waals surface area contributed by atoms with E-state index in [0.29, 0.717) is 25.2 Å². The number of carbonyl (C=O) groups excluding carboxylic acids is 1. The maximum atomic E-state index is 12.3. The lowest BCUT2D eigenvalue weighted by Crippen LogP contribution is -2.40. The van der Waals surface area contributed by atoms with Crippen LogP contribution in [0.25, 0.3) is 0 Å². The van der Waals surface area contributed by atoms with E-state index in [1.165, 1.54) is 24.1 Å². The second-order valence-electron chi connectivity index (χ2n) is 8.46. The summed E-state index contributed by atoms with van der Waals surface area (Å²) in [5, 5.41) is 2.91. The molecule has 5 nitrogen and oxygen atoms in total. The molecule has 1 heterocycles. The summed E-state index contributed by atoms with van der Waals surface area (Å²) in [6, 6.07) is 6.53. The first-order chi connectivity index (χ1) is 13.3. The summed E-state index contributed by atoms with van der Waals surface area (Å²) in [5.41, 5.74) is 3.30. The van der Waals surface area contributed by atoms with Crippen molar-refractivity contribution in [2.45, 2.75) is 71.8 Å². The smallest absolute Gasteiger partial charge is 0.411 e. The predicted octanol–water partition coefficient (Wildman–Crippen LogP) is 5.58. The quantitative estimate of drug-likeness (QED) is 0.566. The zero-order chi connectivity index (χ0) is 20.7. The van der Waals surface area contributed by atoms with Crippen molar-refractivity contribution in [2.24, 2.45) is 5.92 Å². The van der Waals surface area contributed by atoms with Crippen molar-refractivity contribution in [3.8, 4) is 0 Å². The van der Waals surface area contributed by atoms with E-state index in [9.17, 15) is 4.79 Å². The van der Waals surface area contributed by atoms with Gasteiger partial charge in [-0.05, 0) is 37.0 Å². The van der Waals surface area contributed by atoms with Crippen LogP contribution in [0.15, 0.2) is 18.2 Å². The van der Waals surface area contributed by atoms with Crippen LogP contribution in [0, 0.1) is 5.92 Å². The van der Waals surface area contributed by atoms with Crippen LogP contribution in [0.3, 0.4) is 0 Å². The van der Waals surface area contributed by atoms with Gasteiger partial charge < -0.3 is 14.4 Å². The molecular weight excluding hydrogens is 352 g/mol. The van der Waals surface area contributed by atoms with Gasteiger partial charge in [-0.1, -0.05) is 53.0 Å². The molecule has 5 heteroatoms. The van der Waals surface area contributed by atoms with Gasteiger partial charge in [-0.25, -0.2) is 4.79 Å². The largest absolute Gasteiger partial charge is 0.449 e. The van der Waals surface area contributed by atoms with Gasteiger partial charge in [0.05, 0.1) is 13.2 Å². The van der Waals surface area contributed by atoms with Gasteiger partial charge in [-0.15, -0.1) is 0 Å². The summed E-state index contributed by atoms with van der Waals surface area (Å²) >= 11 is 0. The van der Waals surface area contributed by atoms with Crippen molar-refractivity contribution in [1.29, 1.82) is 0 Å². The highest BCUT2D eigenvalue weighted by atomic mass is 16.5. The van der Waals surface area contributed by atoms with E-state index in [2.05, 4.69) is 57.0 Å². The van der Waals surface area contributed by atoms with E-state index < -0.39 is 0 Å². The van der Waals surface area contributed by atoms with Gasteiger partial charge >= 0.3 is 6.09 Å². The number of fused-ring (bicyclic) bond motifs is 1. The van der Waals surface area contributed by atoms with E-state index in [0.717, 1.165) is 25.1 Å². The lowest BCUT2D eigenvalue weighted by atomic mass is 9.81. The molecule has 1 aliphatic heterocycles. The summed E-state index contributed by atoms with van der Waals surface area (Å²) in [6.45, 7) is 13.1. The van der Waals surface area contributed by atoms with E-state index in [1.54, 1.807) is 7.11 Å². The van der Waals surface area contributed by atoms with E-state index in [4.69, 9.17) is 9.47 Å². The Hall–Kier alpha value is -1.75. The molecule has 0 aromatic heterocycles. The monoisotopic (exact) mass is 390 g/mol. The number of unbranched alkanes of at least 4 members (excludes halogenated alkanes) is 1. The average Bonchev–Trinajstić information content (AvgIpc) is 2.86. The lowest BCUT2D eigenvalue weighted by Gasteiger charge is -2.31. The summed E-state index contributed by atoms with van der Waals surface area (Å²) in [5.74, 6) is 0.442. The number of anilines is 2. The van der Waals surface area contributed by atoms with Crippen LogP contribution in [0.1, 0.15) is 65.9 Å². The van der Waals surface area contributed by atoms with Crippen molar-refractivity contribution in [3.63, 3.8) is 0 Å². The van der Waals surface area contributed by atoms with Gasteiger partial charge in [0.2, 0.25) is 0 Å². The molecule has 1 aromatic carbocycles. The third kappa shape index (κ3) is 5.19. The Morgan fingerprint density at radius 3 is 2.71 bits per heavy atom. The number of methoxy groups -OCH3 is 1. The number of nitrogens with one attached hydrogen (secondary N) is 1. The van der Waals surface area contributed by atoms with E-state index in [1.807, 2.05) is 6.07 Å². The SMILES string of the molecule is CCCCC(CC)COC(=O)Nc1ccc2c(c1)N(CCOC)C(C)C2(C)C. The standard InChI is InChI=1S/C23H38N2O3/c1-7-9-10-18(8-2)16-28-22(26)24-19-11-12-20-21(15-19)25(13-14-27-6)17(3)23(20,4)5/h11-12,15,17-18H,7-10,13-14,16H2,1-6H3,(H,24,26). The van der Waals surface area contributed by atoms with E-state index >= 15 is 0 Å². The molecule has 2 atom stereocenters. The maximum absolute atomic E-state index is 12.3. The molecule has 2 unspecified atom stereocenters. The number of carbonyl (C=O) groups is 1. The molecule has 0 radical (unpaired) electrons. The van der Waals surface area contributed by atoms with Gasteiger partial charge in [0, 0.05) is 36.5 Å². The van der Waals surface area contributed by atoms with Crippen molar-refractivity contribution < 1.29 is 14.3 Å². The van der Waals surface area contributed by atoms with Crippen LogP contribution in [-0.4, -0.2) is 39.0 Å². The minimum atomic E-state index is -0.372. The average molecular weight is 391 g/mol. The molecule has 28 heavy (non-hydrogen) atoms. The molecular formula is C23H38N2O3. The Labute approximate surface area is 170 Å². The second kappa shape index (κ2) is 10.1.